The van der Waals surface area contributed by atoms with Crippen LogP contribution in [0.3, 0.4) is 0 Å². The fraction of sp³-hybridized carbons (Fsp3) is 0.550. The third-order valence-electron chi connectivity index (χ3n) is 5.98. The molecule has 4 rings (SSSR count). The standard InChI is InChI=1S/C20H27N5O2/c1-24(13-16-10-17(23-27-16)15-4-3-7-22-12-15)19(26)18-11-20(14-25(18)2)5-8-21-9-6-20/h3-4,7,10,12,18,21H,5-6,8-9,11,13-14H2,1-2H3/t18-/m0/s1. The molecule has 7 nitrogen and oxygen atoms in total. The Labute approximate surface area is 159 Å². The van der Waals surface area contributed by atoms with E-state index in [4.69, 9.17) is 4.52 Å². The fourth-order valence-corrected chi connectivity index (χ4v) is 4.47. The average Bonchev–Trinajstić information content (AvgIpc) is 3.27. The van der Waals surface area contributed by atoms with Gasteiger partial charge in [0, 0.05) is 37.6 Å². The maximum absolute atomic E-state index is 13.1. The molecule has 2 aliphatic heterocycles. The van der Waals surface area contributed by atoms with Gasteiger partial charge in [-0.3, -0.25) is 14.7 Å². The summed E-state index contributed by atoms with van der Waals surface area (Å²) in [7, 11) is 3.91. The number of hydrogen-bond acceptors (Lipinski definition) is 6. The Hall–Kier alpha value is -2.25. The van der Waals surface area contributed by atoms with Gasteiger partial charge in [-0.1, -0.05) is 5.16 Å². The van der Waals surface area contributed by atoms with E-state index in [-0.39, 0.29) is 11.9 Å². The first-order valence-corrected chi connectivity index (χ1v) is 9.58. The Morgan fingerprint density at radius 2 is 2.26 bits per heavy atom. The highest BCUT2D eigenvalue weighted by Crippen LogP contribution is 2.41. The molecule has 1 N–H and O–H groups in total. The molecule has 27 heavy (non-hydrogen) atoms. The predicted octanol–water partition coefficient (Wildman–Crippen LogP) is 1.77. The zero-order valence-electron chi connectivity index (χ0n) is 16.0. The SMILES string of the molecule is CN(Cc1cc(-c2cccnc2)no1)C(=O)[C@@H]1CC2(CCNCC2)CN1C. The molecule has 4 heterocycles. The number of nitrogens with zero attached hydrogens (tertiary/aromatic N) is 4. The van der Waals surface area contributed by atoms with Crippen LogP contribution in [0.2, 0.25) is 0 Å². The topological polar surface area (TPSA) is 74.5 Å². The molecule has 2 aliphatic rings. The first-order chi connectivity index (χ1) is 13.1. The molecule has 1 amide bonds. The number of likely N-dealkylation sites (N-methyl/N-ethyl adjacent to an activating group) is 2. The van der Waals surface area contributed by atoms with Crippen LogP contribution in [0.5, 0.6) is 0 Å². The van der Waals surface area contributed by atoms with Crippen LogP contribution in [0.1, 0.15) is 25.0 Å². The lowest BCUT2D eigenvalue weighted by molar-refractivity contribution is -0.135. The smallest absolute Gasteiger partial charge is 0.240 e. The molecule has 0 bridgehead atoms. The Morgan fingerprint density at radius 3 is 3.00 bits per heavy atom. The zero-order chi connectivity index (χ0) is 18.9. The number of nitrogens with one attached hydrogen (secondary N) is 1. The van der Waals surface area contributed by atoms with E-state index in [9.17, 15) is 4.79 Å². The Balaban J connectivity index is 1.40. The van der Waals surface area contributed by atoms with E-state index in [0.717, 1.165) is 50.2 Å². The summed E-state index contributed by atoms with van der Waals surface area (Å²) in [4.78, 5) is 21.2. The minimum absolute atomic E-state index is 0.0474. The second-order valence-electron chi connectivity index (χ2n) is 8.00. The summed E-state index contributed by atoms with van der Waals surface area (Å²) in [6, 6.07) is 5.64. The van der Waals surface area contributed by atoms with Crippen LogP contribution < -0.4 is 5.32 Å². The number of rotatable bonds is 4. The molecule has 2 aromatic rings. The molecule has 0 aromatic carbocycles. The molecule has 2 aromatic heterocycles. The first kappa shape index (κ1) is 18.1. The van der Waals surface area contributed by atoms with E-state index in [1.807, 2.05) is 25.2 Å². The number of piperidine rings is 1. The van der Waals surface area contributed by atoms with Crippen molar-refractivity contribution in [3.05, 3.63) is 36.4 Å². The fourth-order valence-electron chi connectivity index (χ4n) is 4.47. The van der Waals surface area contributed by atoms with Crippen LogP contribution in [0.25, 0.3) is 11.3 Å². The highest BCUT2D eigenvalue weighted by Gasteiger charge is 2.46. The van der Waals surface area contributed by atoms with Gasteiger partial charge in [0.1, 0.15) is 5.69 Å². The zero-order valence-corrected chi connectivity index (χ0v) is 16.0. The predicted molar refractivity (Wildman–Crippen MR) is 102 cm³/mol. The van der Waals surface area contributed by atoms with Crippen molar-refractivity contribution in [2.24, 2.45) is 5.41 Å². The van der Waals surface area contributed by atoms with Crippen molar-refractivity contribution >= 4 is 5.91 Å². The van der Waals surface area contributed by atoms with E-state index < -0.39 is 0 Å². The second kappa shape index (κ2) is 7.40. The number of pyridine rings is 1. The summed E-state index contributed by atoms with van der Waals surface area (Å²) in [6.07, 6.45) is 6.74. The van der Waals surface area contributed by atoms with Gasteiger partial charge in [0.2, 0.25) is 5.91 Å². The molecule has 1 spiro atoms. The largest absolute Gasteiger partial charge is 0.359 e. The monoisotopic (exact) mass is 369 g/mol. The summed E-state index contributed by atoms with van der Waals surface area (Å²) in [5.74, 6) is 0.842. The molecule has 144 valence electrons. The van der Waals surface area contributed by atoms with Gasteiger partial charge in [-0.25, -0.2) is 0 Å². The van der Waals surface area contributed by atoms with Gasteiger partial charge in [-0.2, -0.15) is 0 Å². The molecular formula is C20H27N5O2. The molecular weight excluding hydrogens is 342 g/mol. The number of carbonyl (C=O) groups excluding carboxylic acids is 1. The van der Waals surface area contributed by atoms with E-state index in [0.29, 0.717) is 17.7 Å². The number of amides is 1. The molecule has 2 fully saturated rings. The van der Waals surface area contributed by atoms with Crippen LogP contribution in [0.15, 0.2) is 35.1 Å². The number of carbonyl (C=O) groups is 1. The molecule has 7 heteroatoms. The van der Waals surface area contributed by atoms with E-state index in [1.165, 1.54) is 0 Å². The van der Waals surface area contributed by atoms with Crippen molar-refractivity contribution in [1.29, 1.82) is 0 Å². The summed E-state index contributed by atoms with van der Waals surface area (Å²) < 4.78 is 5.45. The van der Waals surface area contributed by atoms with E-state index in [1.54, 1.807) is 17.3 Å². The number of aromatic nitrogens is 2. The molecule has 0 saturated carbocycles. The van der Waals surface area contributed by atoms with Gasteiger partial charge in [0.05, 0.1) is 12.6 Å². The number of likely N-dealkylation sites (tertiary alicyclic amines) is 1. The lowest BCUT2D eigenvalue weighted by Crippen LogP contribution is -2.42. The van der Waals surface area contributed by atoms with Crippen molar-refractivity contribution in [1.82, 2.24) is 25.3 Å². The highest BCUT2D eigenvalue weighted by molar-refractivity contribution is 5.82. The summed E-state index contributed by atoms with van der Waals surface area (Å²) in [6.45, 7) is 3.54. The third-order valence-corrected chi connectivity index (χ3v) is 5.98. The Bertz CT molecular complexity index is 785. The maximum atomic E-state index is 13.1. The van der Waals surface area contributed by atoms with Crippen LogP contribution in [0, 0.1) is 5.41 Å². The van der Waals surface area contributed by atoms with E-state index >= 15 is 0 Å². The highest BCUT2D eigenvalue weighted by atomic mass is 16.5. The molecule has 2 saturated heterocycles. The van der Waals surface area contributed by atoms with Crippen LogP contribution in [-0.2, 0) is 11.3 Å². The lowest BCUT2D eigenvalue weighted by Gasteiger charge is -2.33. The normalized spacial score (nSPS) is 22.2. The van der Waals surface area contributed by atoms with Crippen LogP contribution in [0.4, 0.5) is 0 Å². The van der Waals surface area contributed by atoms with Gasteiger partial charge in [0.15, 0.2) is 5.76 Å². The molecule has 0 aliphatic carbocycles. The van der Waals surface area contributed by atoms with Crippen molar-refractivity contribution in [2.45, 2.75) is 31.8 Å². The first-order valence-electron chi connectivity index (χ1n) is 9.58. The van der Waals surface area contributed by atoms with Crippen LogP contribution in [-0.4, -0.2) is 65.6 Å². The lowest BCUT2D eigenvalue weighted by atomic mass is 9.77. The minimum atomic E-state index is -0.0474. The summed E-state index contributed by atoms with van der Waals surface area (Å²) in [5.41, 5.74) is 1.94. The van der Waals surface area contributed by atoms with Crippen molar-refractivity contribution in [3.8, 4) is 11.3 Å². The van der Waals surface area contributed by atoms with E-state index in [2.05, 4.69) is 27.4 Å². The minimum Gasteiger partial charge on any atom is -0.359 e. The third kappa shape index (κ3) is 3.75. The second-order valence-corrected chi connectivity index (χ2v) is 8.00. The Morgan fingerprint density at radius 1 is 1.44 bits per heavy atom. The molecule has 0 radical (unpaired) electrons. The van der Waals surface area contributed by atoms with Crippen LogP contribution >= 0.6 is 0 Å². The molecule has 0 unspecified atom stereocenters. The Kier molecular flexibility index (Phi) is 4.97. The van der Waals surface area contributed by atoms with Gasteiger partial charge < -0.3 is 14.7 Å². The van der Waals surface area contributed by atoms with Gasteiger partial charge in [-0.15, -0.1) is 0 Å². The molecule has 1 atom stereocenters. The van der Waals surface area contributed by atoms with Crippen molar-refractivity contribution in [2.75, 3.05) is 33.7 Å². The summed E-state index contributed by atoms with van der Waals surface area (Å²) in [5, 5.41) is 7.54. The quantitative estimate of drug-likeness (QED) is 0.885. The van der Waals surface area contributed by atoms with Gasteiger partial charge in [0.25, 0.3) is 0 Å². The van der Waals surface area contributed by atoms with Gasteiger partial charge >= 0.3 is 0 Å². The maximum Gasteiger partial charge on any atom is 0.240 e. The van der Waals surface area contributed by atoms with Crippen molar-refractivity contribution in [3.63, 3.8) is 0 Å². The number of hydrogen-bond donors (Lipinski definition) is 1. The van der Waals surface area contributed by atoms with Gasteiger partial charge in [-0.05, 0) is 56.9 Å². The summed E-state index contributed by atoms with van der Waals surface area (Å²) >= 11 is 0. The average molecular weight is 369 g/mol. The van der Waals surface area contributed by atoms with Crippen molar-refractivity contribution < 1.29 is 9.32 Å².